The molecule has 28 heavy (non-hydrogen) atoms. The minimum atomic E-state index is -0.370. The maximum Gasteiger partial charge on any atom is 0.338 e. The van der Waals surface area contributed by atoms with Crippen LogP contribution in [-0.4, -0.2) is 38.9 Å². The summed E-state index contributed by atoms with van der Waals surface area (Å²) in [5.74, 6) is -0.275. The Kier molecular flexibility index (Phi) is 13.0. The molecule has 158 valence electrons. The summed E-state index contributed by atoms with van der Waals surface area (Å²) in [4.78, 5) is 24.1. The van der Waals surface area contributed by atoms with Gasteiger partial charge in [0.05, 0.1) is 24.3 Å². The van der Waals surface area contributed by atoms with Gasteiger partial charge in [0, 0.05) is 13.7 Å². The molecule has 1 rings (SSSR count). The average molecular weight is 393 g/mol. The molecule has 0 aliphatic rings. The quantitative estimate of drug-likeness (QED) is 0.294. The van der Waals surface area contributed by atoms with Crippen molar-refractivity contribution in [3.63, 3.8) is 0 Å². The molecule has 0 heterocycles. The summed E-state index contributed by atoms with van der Waals surface area (Å²) in [5, 5.41) is 0. The van der Waals surface area contributed by atoms with E-state index in [4.69, 9.17) is 14.2 Å². The highest BCUT2D eigenvalue weighted by atomic mass is 16.5. The van der Waals surface area contributed by atoms with Gasteiger partial charge in [0.2, 0.25) is 0 Å². The van der Waals surface area contributed by atoms with Crippen LogP contribution < -0.4 is 0 Å². The fourth-order valence-electron chi connectivity index (χ4n) is 2.77. The highest BCUT2D eigenvalue weighted by molar-refractivity contribution is 5.93. The summed E-state index contributed by atoms with van der Waals surface area (Å²) >= 11 is 0. The first kappa shape index (κ1) is 24.2. The molecule has 0 spiro atoms. The first-order valence-corrected chi connectivity index (χ1v) is 10.5. The van der Waals surface area contributed by atoms with Crippen LogP contribution in [0.4, 0.5) is 0 Å². The van der Waals surface area contributed by atoms with Crippen molar-refractivity contribution in [3.05, 3.63) is 35.4 Å². The van der Waals surface area contributed by atoms with E-state index < -0.39 is 0 Å². The van der Waals surface area contributed by atoms with Crippen LogP contribution in [0.1, 0.15) is 85.9 Å². The van der Waals surface area contributed by atoms with Gasteiger partial charge >= 0.3 is 11.9 Å². The fraction of sp³-hybridized carbons (Fsp3) is 0.652. The van der Waals surface area contributed by atoms with E-state index >= 15 is 0 Å². The lowest BCUT2D eigenvalue weighted by atomic mass is 10.1. The third-order valence-electron chi connectivity index (χ3n) is 4.75. The first-order valence-electron chi connectivity index (χ1n) is 10.5. The monoisotopic (exact) mass is 392 g/mol. The summed E-state index contributed by atoms with van der Waals surface area (Å²) in [7, 11) is 1.68. The van der Waals surface area contributed by atoms with Gasteiger partial charge in [-0.05, 0) is 49.4 Å². The largest absolute Gasteiger partial charge is 0.462 e. The van der Waals surface area contributed by atoms with Gasteiger partial charge in [0.25, 0.3) is 0 Å². The lowest BCUT2D eigenvalue weighted by Gasteiger charge is -2.11. The molecule has 0 amide bonds. The van der Waals surface area contributed by atoms with Crippen molar-refractivity contribution in [2.45, 2.75) is 65.2 Å². The number of hydrogen-bond acceptors (Lipinski definition) is 5. The number of hydrogen-bond donors (Lipinski definition) is 0. The van der Waals surface area contributed by atoms with Crippen molar-refractivity contribution in [2.75, 3.05) is 26.9 Å². The van der Waals surface area contributed by atoms with Crippen molar-refractivity contribution >= 4 is 11.9 Å². The van der Waals surface area contributed by atoms with Crippen LogP contribution in [0.3, 0.4) is 0 Å². The molecule has 1 aromatic rings. The van der Waals surface area contributed by atoms with E-state index in [0.717, 1.165) is 25.7 Å². The highest BCUT2D eigenvalue weighted by Gasteiger charge is 2.11. The lowest BCUT2D eigenvalue weighted by molar-refractivity contribution is 0.0471. The SMILES string of the molecule is CCCCCCCCOC(=O)c1ccc(C(=O)OCCC(C)CCOC)cc1. The van der Waals surface area contributed by atoms with Crippen molar-refractivity contribution in [3.8, 4) is 0 Å². The number of carbonyl (C=O) groups is 2. The summed E-state index contributed by atoms with van der Waals surface area (Å²) in [6.45, 7) is 5.84. The Hall–Kier alpha value is -1.88. The fourth-order valence-corrected chi connectivity index (χ4v) is 2.77. The Bertz CT molecular complexity index is 553. The van der Waals surface area contributed by atoms with E-state index in [1.54, 1.807) is 31.4 Å². The summed E-state index contributed by atoms with van der Waals surface area (Å²) in [6, 6.07) is 6.44. The molecule has 5 nitrogen and oxygen atoms in total. The molecule has 1 aromatic carbocycles. The van der Waals surface area contributed by atoms with E-state index in [0.29, 0.717) is 36.9 Å². The predicted octanol–water partition coefficient (Wildman–Crippen LogP) is 5.42. The van der Waals surface area contributed by atoms with E-state index in [9.17, 15) is 9.59 Å². The van der Waals surface area contributed by atoms with E-state index in [2.05, 4.69) is 13.8 Å². The second kappa shape index (κ2) is 15.1. The molecule has 0 saturated carbocycles. The topological polar surface area (TPSA) is 61.8 Å². The molecule has 0 fully saturated rings. The number of carbonyl (C=O) groups excluding carboxylic acids is 2. The second-order valence-corrected chi connectivity index (χ2v) is 7.29. The zero-order valence-electron chi connectivity index (χ0n) is 17.7. The smallest absolute Gasteiger partial charge is 0.338 e. The maximum absolute atomic E-state index is 12.1. The molecule has 0 saturated heterocycles. The van der Waals surface area contributed by atoms with Gasteiger partial charge in [-0.1, -0.05) is 46.0 Å². The van der Waals surface area contributed by atoms with E-state index in [1.807, 2.05) is 0 Å². The third-order valence-corrected chi connectivity index (χ3v) is 4.75. The molecular formula is C23H36O5. The second-order valence-electron chi connectivity index (χ2n) is 7.29. The number of unbranched alkanes of at least 4 members (excludes halogenated alkanes) is 5. The van der Waals surface area contributed by atoms with Gasteiger partial charge in [-0.2, -0.15) is 0 Å². The van der Waals surface area contributed by atoms with Gasteiger partial charge in [-0.15, -0.1) is 0 Å². The van der Waals surface area contributed by atoms with Crippen LogP contribution >= 0.6 is 0 Å². The molecule has 0 aliphatic heterocycles. The zero-order chi connectivity index (χ0) is 20.6. The zero-order valence-corrected chi connectivity index (χ0v) is 17.7. The molecule has 0 aromatic heterocycles. The van der Waals surface area contributed by atoms with E-state index in [1.165, 1.54) is 25.7 Å². The molecule has 0 radical (unpaired) electrons. The van der Waals surface area contributed by atoms with Crippen LogP contribution in [0.25, 0.3) is 0 Å². The average Bonchev–Trinajstić information content (AvgIpc) is 2.71. The summed E-state index contributed by atoms with van der Waals surface area (Å²) < 4.78 is 15.6. The van der Waals surface area contributed by atoms with Gasteiger partial charge in [0.1, 0.15) is 0 Å². The minimum Gasteiger partial charge on any atom is -0.462 e. The number of ether oxygens (including phenoxy) is 3. The summed E-state index contributed by atoms with van der Waals surface area (Å²) in [6.07, 6.45) is 8.65. The van der Waals surface area contributed by atoms with Gasteiger partial charge in [-0.25, -0.2) is 9.59 Å². The Balaban J connectivity index is 2.27. The molecule has 1 atom stereocenters. The first-order chi connectivity index (χ1) is 13.6. The van der Waals surface area contributed by atoms with Gasteiger partial charge in [0.15, 0.2) is 0 Å². The Morgan fingerprint density at radius 1 is 0.786 bits per heavy atom. The third kappa shape index (κ3) is 10.5. The highest BCUT2D eigenvalue weighted by Crippen LogP contribution is 2.11. The Morgan fingerprint density at radius 2 is 1.29 bits per heavy atom. The number of methoxy groups -OCH3 is 1. The molecule has 0 aliphatic carbocycles. The summed E-state index contributed by atoms with van der Waals surface area (Å²) in [5.41, 5.74) is 0.896. The predicted molar refractivity (Wildman–Crippen MR) is 111 cm³/mol. The van der Waals surface area contributed by atoms with Gasteiger partial charge < -0.3 is 14.2 Å². The normalized spacial score (nSPS) is 11.8. The molecule has 0 bridgehead atoms. The van der Waals surface area contributed by atoms with Crippen LogP contribution in [0.2, 0.25) is 0 Å². The van der Waals surface area contributed by atoms with Crippen LogP contribution in [0.15, 0.2) is 24.3 Å². The number of esters is 2. The van der Waals surface area contributed by atoms with Crippen LogP contribution in [-0.2, 0) is 14.2 Å². The van der Waals surface area contributed by atoms with Gasteiger partial charge in [-0.3, -0.25) is 0 Å². The molecule has 5 heteroatoms. The number of benzene rings is 1. The minimum absolute atomic E-state index is 0.347. The standard InChI is InChI=1S/C23H36O5/c1-4-5-6-7-8-9-16-27-22(24)20-10-12-21(13-11-20)23(25)28-18-15-19(2)14-17-26-3/h10-13,19H,4-9,14-18H2,1-3H3. The lowest BCUT2D eigenvalue weighted by Crippen LogP contribution is -2.11. The number of rotatable bonds is 15. The van der Waals surface area contributed by atoms with Crippen LogP contribution in [0.5, 0.6) is 0 Å². The van der Waals surface area contributed by atoms with Crippen molar-refractivity contribution < 1.29 is 23.8 Å². The maximum atomic E-state index is 12.1. The Labute approximate surface area is 169 Å². The Morgan fingerprint density at radius 3 is 1.86 bits per heavy atom. The molecule has 0 N–H and O–H groups in total. The molecule has 1 unspecified atom stereocenters. The van der Waals surface area contributed by atoms with Crippen molar-refractivity contribution in [1.82, 2.24) is 0 Å². The van der Waals surface area contributed by atoms with Crippen molar-refractivity contribution in [1.29, 1.82) is 0 Å². The van der Waals surface area contributed by atoms with Crippen LogP contribution in [0, 0.1) is 5.92 Å². The van der Waals surface area contributed by atoms with Crippen molar-refractivity contribution in [2.24, 2.45) is 5.92 Å². The molecular weight excluding hydrogens is 356 g/mol. The van der Waals surface area contributed by atoms with E-state index in [-0.39, 0.29) is 11.9 Å².